The SMILES string of the molecule is C=C1CCCC2(C)CC3OC(=O)C(CN4CCN(c5cccc(C(F)(F)F)c5)CC4)C3CC12. The molecule has 2 heterocycles. The number of halogens is 3. The largest absolute Gasteiger partial charge is 0.462 e. The van der Waals surface area contributed by atoms with Crippen molar-refractivity contribution in [2.45, 2.75) is 51.3 Å². The lowest BCUT2D eigenvalue weighted by molar-refractivity contribution is -0.146. The number of piperazine rings is 1. The Morgan fingerprint density at radius 1 is 1.21 bits per heavy atom. The van der Waals surface area contributed by atoms with Crippen molar-refractivity contribution in [1.82, 2.24) is 4.90 Å². The van der Waals surface area contributed by atoms with Crippen molar-refractivity contribution in [2.24, 2.45) is 23.2 Å². The van der Waals surface area contributed by atoms with Crippen LogP contribution in [0.2, 0.25) is 0 Å². The van der Waals surface area contributed by atoms with Gasteiger partial charge in [0.05, 0.1) is 11.5 Å². The minimum atomic E-state index is -4.34. The molecule has 2 aliphatic carbocycles. The van der Waals surface area contributed by atoms with Gasteiger partial charge in [-0.3, -0.25) is 9.69 Å². The Kier molecular flexibility index (Phi) is 5.74. The van der Waals surface area contributed by atoms with Crippen LogP contribution in [0, 0.1) is 23.2 Å². The lowest BCUT2D eigenvalue weighted by Crippen LogP contribution is -2.50. The van der Waals surface area contributed by atoms with Crippen molar-refractivity contribution in [1.29, 1.82) is 0 Å². The van der Waals surface area contributed by atoms with Crippen LogP contribution in [0.4, 0.5) is 18.9 Å². The summed E-state index contributed by atoms with van der Waals surface area (Å²) in [6.07, 6.45) is 1.05. The van der Waals surface area contributed by atoms with Gasteiger partial charge < -0.3 is 9.64 Å². The number of fused-ring (bicyclic) bond motifs is 2. The number of hydrogen-bond acceptors (Lipinski definition) is 4. The molecule has 0 radical (unpaired) electrons. The van der Waals surface area contributed by atoms with Crippen molar-refractivity contribution >= 4 is 11.7 Å². The van der Waals surface area contributed by atoms with Gasteiger partial charge in [-0.2, -0.15) is 13.2 Å². The fourth-order valence-corrected chi connectivity index (χ4v) is 6.81. The summed E-state index contributed by atoms with van der Waals surface area (Å²) < 4.78 is 45.1. The van der Waals surface area contributed by atoms with E-state index in [0.29, 0.717) is 31.2 Å². The average Bonchev–Trinajstić information content (AvgIpc) is 3.06. The smallest absolute Gasteiger partial charge is 0.416 e. The van der Waals surface area contributed by atoms with Crippen molar-refractivity contribution in [3.63, 3.8) is 0 Å². The van der Waals surface area contributed by atoms with Gasteiger partial charge in [-0.1, -0.05) is 25.1 Å². The van der Waals surface area contributed by atoms with Crippen LogP contribution in [-0.2, 0) is 15.7 Å². The number of alkyl halides is 3. The summed E-state index contributed by atoms with van der Waals surface area (Å²) in [6, 6.07) is 5.54. The molecule has 2 saturated heterocycles. The lowest BCUT2D eigenvalue weighted by Gasteiger charge is -2.50. The zero-order valence-corrected chi connectivity index (χ0v) is 19.2. The van der Waals surface area contributed by atoms with Crippen molar-refractivity contribution in [2.75, 3.05) is 37.6 Å². The molecular weight excluding hydrogens is 429 g/mol. The number of anilines is 1. The molecule has 1 aromatic rings. The third kappa shape index (κ3) is 4.29. The third-order valence-corrected chi connectivity index (χ3v) is 8.69. The zero-order chi connectivity index (χ0) is 23.4. The highest BCUT2D eigenvalue weighted by molar-refractivity contribution is 5.75. The van der Waals surface area contributed by atoms with Crippen LogP contribution >= 0.6 is 0 Å². The van der Waals surface area contributed by atoms with E-state index in [2.05, 4.69) is 18.4 Å². The van der Waals surface area contributed by atoms with E-state index in [9.17, 15) is 18.0 Å². The maximum atomic E-state index is 13.1. The van der Waals surface area contributed by atoms with Gasteiger partial charge in [0.1, 0.15) is 6.10 Å². The molecule has 4 fully saturated rings. The highest BCUT2D eigenvalue weighted by Gasteiger charge is 2.55. The highest BCUT2D eigenvalue weighted by atomic mass is 19.4. The molecule has 33 heavy (non-hydrogen) atoms. The Hall–Kier alpha value is -2.02. The normalized spacial score (nSPS) is 35.2. The van der Waals surface area contributed by atoms with E-state index in [-0.39, 0.29) is 29.3 Å². The average molecular weight is 463 g/mol. The first-order valence-corrected chi connectivity index (χ1v) is 12.2. The number of ether oxygens (including phenoxy) is 1. The molecule has 4 nitrogen and oxygen atoms in total. The molecular formula is C26H33F3N2O2. The van der Waals surface area contributed by atoms with Crippen LogP contribution < -0.4 is 4.90 Å². The lowest BCUT2D eigenvalue weighted by atomic mass is 9.55. The van der Waals surface area contributed by atoms with Gasteiger partial charge in [-0.25, -0.2) is 0 Å². The van der Waals surface area contributed by atoms with E-state index >= 15 is 0 Å². The Balaban J connectivity index is 1.21. The Bertz CT molecular complexity index is 924. The Morgan fingerprint density at radius 2 is 1.97 bits per heavy atom. The minimum absolute atomic E-state index is 0.0149. The second-order valence-corrected chi connectivity index (χ2v) is 10.7. The molecule has 180 valence electrons. The van der Waals surface area contributed by atoms with Crippen molar-refractivity contribution in [3.05, 3.63) is 42.0 Å². The number of benzene rings is 1. The summed E-state index contributed by atoms with van der Waals surface area (Å²) in [4.78, 5) is 17.1. The Morgan fingerprint density at radius 3 is 2.70 bits per heavy atom. The van der Waals surface area contributed by atoms with Gasteiger partial charge >= 0.3 is 12.1 Å². The molecule has 2 saturated carbocycles. The van der Waals surface area contributed by atoms with Crippen LogP contribution in [0.25, 0.3) is 0 Å². The predicted octanol–water partition coefficient (Wildman–Crippen LogP) is 5.14. The number of nitrogens with zero attached hydrogens (tertiary/aromatic N) is 2. The number of carbonyl (C=O) groups excluding carboxylic acids is 1. The number of rotatable bonds is 3. The highest BCUT2D eigenvalue weighted by Crippen LogP contribution is 2.57. The molecule has 7 heteroatoms. The molecule has 5 atom stereocenters. The summed E-state index contributed by atoms with van der Waals surface area (Å²) in [5.74, 6) is 0.529. The molecule has 5 unspecified atom stereocenters. The fraction of sp³-hybridized carbons (Fsp3) is 0.654. The van der Waals surface area contributed by atoms with Gasteiger partial charge in [-0.05, 0) is 61.6 Å². The maximum absolute atomic E-state index is 13.1. The van der Waals surface area contributed by atoms with Crippen molar-refractivity contribution < 1.29 is 22.7 Å². The van der Waals surface area contributed by atoms with Crippen LogP contribution in [0.3, 0.4) is 0 Å². The van der Waals surface area contributed by atoms with Gasteiger partial charge in [0, 0.05) is 44.3 Å². The van der Waals surface area contributed by atoms with Crippen LogP contribution in [-0.4, -0.2) is 49.7 Å². The van der Waals surface area contributed by atoms with Gasteiger partial charge in [-0.15, -0.1) is 0 Å². The van der Waals surface area contributed by atoms with Crippen molar-refractivity contribution in [3.8, 4) is 0 Å². The summed E-state index contributed by atoms with van der Waals surface area (Å²) in [7, 11) is 0. The topological polar surface area (TPSA) is 32.8 Å². The summed E-state index contributed by atoms with van der Waals surface area (Å²) >= 11 is 0. The fourth-order valence-electron chi connectivity index (χ4n) is 6.81. The van der Waals surface area contributed by atoms with E-state index in [1.54, 1.807) is 6.07 Å². The maximum Gasteiger partial charge on any atom is 0.416 e. The van der Waals surface area contributed by atoms with E-state index < -0.39 is 11.7 Å². The third-order valence-electron chi connectivity index (χ3n) is 8.69. The van der Waals surface area contributed by atoms with E-state index in [4.69, 9.17) is 4.74 Å². The second kappa shape index (κ2) is 8.33. The Labute approximate surface area is 193 Å². The van der Waals surface area contributed by atoms with E-state index in [0.717, 1.165) is 38.4 Å². The molecule has 0 aromatic heterocycles. The first kappa shape index (κ1) is 22.8. The number of esters is 1. The summed E-state index contributed by atoms with van der Waals surface area (Å²) in [6.45, 7) is 10.1. The number of hydrogen-bond donors (Lipinski definition) is 0. The van der Waals surface area contributed by atoms with Gasteiger partial charge in [0.15, 0.2) is 0 Å². The van der Waals surface area contributed by atoms with Crippen LogP contribution in [0.15, 0.2) is 36.4 Å². The molecule has 1 aromatic carbocycles. The predicted molar refractivity (Wildman–Crippen MR) is 121 cm³/mol. The van der Waals surface area contributed by atoms with E-state index in [1.807, 2.05) is 4.90 Å². The zero-order valence-electron chi connectivity index (χ0n) is 19.2. The second-order valence-electron chi connectivity index (χ2n) is 10.7. The number of allylic oxidation sites excluding steroid dienone is 1. The summed E-state index contributed by atoms with van der Waals surface area (Å²) in [5, 5.41) is 0. The van der Waals surface area contributed by atoms with Crippen LogP contribution in [0.5, 0.6) is 0 Å². The molecule has 0 bridgehead atoms. The first-order chi connectivity index (χ1) is 15.6. The molecule has 0 N–H and O–H groups in total. The number of carbonyl (C=O) groups is 1. The first-order valence-electron chi connectivity index (χ1n) is 12.2. The molecule has 4 aliphatic rings. The van der Waals surface area contributed by atoms with E-state index in [1.165, 1.54) is 30.5 Å². The quantitative estimate of drug-likeness (QED) is 0.460. The molecule has 2 aliphatic heterocycles. The minimum Gasteiger partial charge on any atom is -0.462 e. The van der Waals surface area contributed by atoms with Gasteiger partial charge in [0.2, 0.25) is 0 Å². The molecule has 0 spiro atoms. The molecule has 0 amide bonds. The monoisotopic (exact) mass is 462 g/mol. The van der Waals surface area contributed by atoms with Gasteiger partial charge in [0.25, 0.3) is 0 Å². The standard InChI is InChI=1S/C26H33F3N2O2/c1-17-5-4-8-25(2)15-23-20(14-22(17)25)21(24(32)33-23)16-30-9-11-31(12-10-30)19-7-3-6-18(13-19)26(27,28)29/h3,6-7,13,20-23H,1,4-5,8-12,14-16H2,2H3. The summed E-state index contributed by atoms with van der Waals surface area (Å²) in [5.41, 5.74) is 1.53. The van der Waals surface area contributed by atoms with Crippen LogP contribution in [0.1, 0.15) is 44.6 Å². The molecule has 5 rings (SSSR count).